The molecule has 1 fully saturated rings. The summed E-state index contributed by atoms with van der Waals surface area (Å²) >= 11 is 0. The summed E-state index contributed by atoms with van der Waals surface area (Å²) in [5, 5.41) is 3.37. The molecule has 2 aromatic heterocycles. The number of anilines is 1. The van der Waals surface area contributed by atoms with Crippen LogP contribution in [0.1, 0.15) is 19.9 Å². The van der Waals surface area contributed by atoms with Crippen molar-refractivity contribution < 1.29 is 0 Å². The number of hydrogen-bond donors (Lipinski definition) is 1. The lowest BCUT2D eigenvalue weighted by atomic mass is 10.3. The van der Waals surface area contributed by atoms with Crippen LogP contribution in [0.3, 0.4) is 0 Å². The number of nitrogens with zero attached hydrogens (tertiary/aromatic N) is 4. The summed E-state index contributed by atoms with van der Waals surface area (Å²) in [6.45, 7) is 8.43. The highest BCUT2D eigenvalue weighted by Crippen LogP contribution is 2.25. The molecule has 0 bridgehead atoms. The quantitative estimate of drug-likeness (QED) is 0.869. The fraction of sp³-hybridized carbons (Fsp3) is 0.538. The Kier molecular flexibility index (Phi) is 2.91. The molecule has 1 aliphatic heterocycles. The van der Waals surface area contributed by atoms with E-state index in [1.165, 1.54) is 0 Å². The fourth-order valence-corrected chi connectivity index (χ4v) is 2.48. The van der Waals surface area contributed by atoms with Crippen molar-refractivity contribution >= 4 is 17.1 Å². The molecule has 96 valence electrons. The van der Waals surface area contributed by atoms with Gasteiger partial charge in [-0.25, -0.2) is 9.97 Å². The first-order valence-corrected chi connectivity index (χ1v) is 6.56. The van der Waals surface area contributed by atoms with Crippen molar-refractivity contribution in [1.82, 2.24) is 19.9 Å². The molecule has 0 aromatic carbocycles. The van der Waals surface area contributed by atoms with Gasteiger partial charge in [0.1, 0.15) is 5.52 Å². The molecule has 5 nitrogen and oxygen atoms in total. The molecule has 1 saturated heterocycles. The van der Waals surface area contributed by atoms with Crippen LogP contribution in [-0.2, 0) is 0 Å². The Morgan fingerprint density at radius 1 is 1.28 bits per heavy atom. The van der Waals surface area contributed by atoms with Gasteiger partial charge in [-0.3, -0.25) is 4.57 Å². The third-order valence-electron chi connectivity index (χ3n) is 3.35. The van der Waals surface area contributed by atoms with Crippen LogP contribution in [0.2, 0.25) is 0 Å². The van der Waals surface area contributed by atoms with Gasteiger partial charge in [-0.05, 0) is 26.0 Å². The van der Waals surface area contributed by atoms with Crippen molar-refractivity contribution in [2.24, 2.45) is 0 Å². The summed E-state index contributed by atoms with van der Waals surface area (Å²) < 4.78 is 2.24. The standard InChI is InChI=1S/C13H19N5/c1-10(2)18-12-11(4-3-5-15-12)16-13(18)17-8-6-14-7-9-17/h3-5,10,14H,6-9H2,1-2H3. The fourth-order valence-electron chi connectivity index (χ4n) is 2.48. The molecule has 0 saturated carbocycles. The Labute approximate surface area is 107 Å². The molecular formula is C13H19N5. The zero-order valence-electron chi connectivity index (χ0n) is 10.9. The molecule has 5 heteroatoms. The average Bonchev–Trinajstić information content (AvgIpc) is 2.79. The van der Waals surface area contributed by atoms with Crippen LogP contribution >= 0.6 is 0 Å². The van der Waals surface area contributed by atoms with Gasteiger partial charge in [0.25, 0.3) is 0 Å². The normalized spacial score (nSPS) is 16.7. The van der Waals surface area contributed by atoms with E-state index in [4.69, 9.17) is 4.98 Å². The molecule has 3 rings (SSSR count). The summed E-state index contributed by atoms with van der Waals surface area (Å²) in [5.41, 5.74) is 1.97. The Bertz CT molecular complexity index is 539. The van der Waals surface area contributed by atoms with Gasteiger partial charge < -0.3 is 10.2 Å². The minimum Gasteiger partial charge on any atom is -0.340 e. The zero-order valence-corrected chi connectivity index (χ0v) is 10.9. The van der Waals surface area contributed by atoms with Crippen molar-refractivity contribution in [2.75, 3.05) is 31.1 Å². The van der Waals surface area contributed by atoms with Crippen LogP contribution in [0.5, 0.6) is 0 Å². The second-order valence-corrected chi connectivity index (χ2v) is 4.96. The zero-order chi connectivity index (χ0) is 12.5. The molecule has 2 aromatic rings. The average molecular weight is 245 g/mol. The van der Waals surface area contributed by atoms with E-state index in [9.17, 15) is 0 Å². The monoisotopic (exact) mass is 245 g/mol. The third-order valence-corrected chi connectivity index (χ3v) is 3.35. The van der Waals surface area contributed by atoms with E-state index >= 15 is 0 Å². The maximum atomic E-state index is 4.76. The highest BCUT2D eigenvalue weighted by atomic mass is 15.3. The SMILES string of the molecule is CC(C)n1c(N2CCNCC2)nc2cccnc21. The Hall–Kier alpha value is -1.62. The van der Waals surface area contributed by atoms with Crippen LogP contribution in [-0.4, -0.2) is 40.7 Å². The number of rotatable bonds is 2. The van der Waals surface area contributed by atoms with Gasteiger partial charge in [0.2, 0.25) is 5.95 Å². The molecule has 1 aliphatic rings. The van der Waals surface area contributed by atoms with E-state index < -0.39 is 0 Å². The molecule has 0 unspecified atom stereocenters. The maximum Gasteiger partial charge on any atom is 0.208 e. The first kappa shape index (κ1) is 11.5. The first-order valence-electron chi connectivity index (χ1n) is 6.56. The van der Waals surface area contributed by atoms with E-state index in [1.807, 2.05) is 18.3 Å². The Morgan fingerprint density at radius 2 is 2.06 bits per heavy atom. The van der Waals surface area contributed by atoms with Crippen LogP contribution in [0.4, 0.5) is 5.95 Å². The number of piperazine rings is 1. The van der Waals surface area contributed by atoms with Gasteiger partial charge in [0, 0.05) is 38.4 Å². The number of imidazole rings is 1. The molecule has 0 atom stereocenters. The van der Waals surface area contributed by atoms with E-state index in [0.29, 0.717) is 6.04 Å². The van der Waals surface area contributed by atoms with Crippen molar-refractivity contribution in [3.63, 3.8) is 0 Å². The predicted molar refractivity (Wildman–Crippen MR) is 73.0 cm³/mol. The number of nitrogens with one attached hydrogen (secondary N) is 1. The summed E-state index contributed by atoms with van der Waals surface area (Å²) in [5.74, 6) is 1.06. The Morgan fingerprint density at radius 3 is 2.78 bits per heavy atom. The second-order valence-electron chi connectivity index (χ2n) is 4.96. The second kappa shape index (κ2) is 4.57. The van der Waals surface area contributed by atoms with Crippen molar-refractivity contribution in [3.8, 4) is 0 Å². The molecule has 0 aliphatic carbocycles. The lowest BCUT2D eigenvalue weighted by Gasteiger charge is -2.29. The van der Waals surface area contributed by atoms with Crippen LogP contribution < -0.4 is 10.2 Å². The predicted octanol–water partition coefficient (Wildman–Crippen LogP) is 1.42. The van der Waals surface area contributed by atoms with Crippen molar-refractivity contribution in [3.05, 3.63) is 18.3 Å². The number of pyridine rings is 1. The maximum absolute atomic E-state index is 4.76. The van der Waals surface area contributed by atoms with Gasteiger partial charge >= 0.3 is 0 Å². The lowest BCUT2D eigenvalue weighted by molar-refractivity contribution is 0.547. The van der Waals surface area contributed by atoms with E-state index in [-0.39, 0.29) is 0 Å². The van der Waals surface area contributed by atoms with Gasteiger partial charge in [-0.2, -0.15) is 0 Å². The van der Waals surface area contributed by atoms with Crippen molar-refractivity contribution in [2.45, 2.75) is 19.9 Å². The Balaban J connectivity index is 2.11. The molecule has 0 amide bonds. The number of hydrogen-bond acceptors (Lipinski definition) is 4. The highest BCUT2D eigenvalue weighted by molar-refractivity contribution is 5.74. The van der Waals surface area contributed by atoms with E-state index in [2.05, 4.69) is 33.6 Å². The lowest BCUT2D eigenvalue weighted by Crippen LogP contribution is -2.44. The smallest absolute Gasteiger partial charge is 0.208 e. The summed E-state index contributed by atoms with van der Waals surface area (Å²) in [6, 6.07) is 4.35. The molecule has 0 radical (unpaired) electrons. The molecule has 18 heavy (non-hydrogen) atoms. The largest absolute Gasteiger partial charge is 0.340 e. The van der Waals surface area contributed by atoms with E-state index in [1.54, 1.807) is 0 Å². The van der Waals surface area contributed by atoms with Crippen molar-refractivity contribution in [1.29, 1.82) is 0 Å². The highest BCUT2D eigenvalue weighted by Gasteiger charge is 2.20. The van der Waals surface area contributed by atoms with Gasteiger partial charge in [0.15, 0.2) is 5.65 Å². The minimum atomic E-state index is 0.370. The van der Waals surface area contributed by atoms with Crippen LogP contribution in [0.25, 0.3) is 11.2 Å². The molecule has 0 spiro atoms. The summed E-state index contributed by atoms with van der Waals surface area (Å²) in [7, 11) is 0. The van der Waals surface area contributed by atoms with Gasteiger partial charge in [0.05, 0.1) is 0 Å². The third kappa shape index (κ3) is 1.84. The van der Waals surface area contributed by atoms with Gasteiger partial charge in [-0.1, -0.05) is 0 Å². The summed E-state index contributed by atoms with van der Waals surface area (Å²) in [4.78, 5) is 11.6. The molecule has 3 heterocycles. The number of fused-ring (bicyclic) bond motifs is 1. The van der Waals surface area contributed by atoms with Crippen LogP contribution in [0, 0.1) is 0 Å². The molecular weight excluding hydrogens is 226 g/mol. The first-order chi connectivity index (χ1) is 8.77. The van der Waals surface area contributed by atoms with Gasteiger partial charge in [-0.15, -0.1) is 0 Å². The molecule has 1 N–H and O–H groups in total. The number of aromatic nitrogens is 3. The minimum absolute atomic E-state index is 0.370. The topological polar surface area (TPSA) is 46.0 Å². The summed E-state index contributed by atoms with van der Waals surface area (Å²) in [6.07, 6.45) is 1.84. The van der Waals surface area contributed by atoms with E-state index in [0.717, 1.165) is 43.3 Å². The van der Waals surface area contributed by atoms with Crippen LogP contribution in [0.15, 0.2) is 18.3 Å².